The lowest BCUT2D eigenvalue weighted by Gasteiger charge is -2.43. The lowest BCUT2D eigenvalue weighted by molar-refractivity contribution is -0.167. The number of piperazine rings is 1. The van der Waals surface area contributed by atoms with E-state index >= 15 is 0 Å². The fraction of sp³-hybridized carbons (Fsp3) is 0.700. The second-order valence-corrected chi connectivity index (χ2v) is 4.23. The van der Waals surface area contributed by atoms with Gasteiger partial charge in [0.1, 0.15) is 5.54 Å². The van der Waals surface area contributed by atoms with E-state index in [1.165, 1.54) is 4.90 Å². The normalized spacial score (nSPS) is 19.6. The second-order valence-electron chi connectivity index (χ2n) is 4.23. The van der Waals surface area contributed by atoms with Gasteiger partial charge < -0.3 is 14.5 Å². The monoisotopic (exact) mass is 228 g/mol. The number of hydrogen-bond donors (Lipinski definition) is 0. The molecule has 1 rings (SSSR count). The quantitative estimate of drug-likeness (QED) is 0.404. The van der Waals surface area contributed by atoms with Crippen LogP contribution in [0.15, 0.2) is 0 Å². The first kappa shape index (κ1) is 12.5. The molecule has 1 aliphatic heterocycles. The standard InChI is InChI=1S/C10H16N2O4/c1-10(2)9(15)11(3)5-6-12(10)7(13)8(14)16-4/h5-6H2,1-4H3. The van der Waals surface area contributed by atoms with Gasteiger partial charge in [-0.15, -0.1) is 0 Å². The van der Waals surface area contributed by atoms with Crippen LogP contribution in [-0.2, 0) is 19.1 Å². The van der Waals surface area contributed by atoms with Crippen LogP contribution in [0.3, 0.4) is 0 Å². The maximum atomic E-state index is 11.9. The number of methoxy groups -OCH3 is 1. The fourth-order valence-electron chi connectivity index (χ4n) is 1.77. The van der Waals surface area contributed by atoms with E-state index in [0.717, 1.165) is 7.11 Å². The molecule has 0 aromatic carbocycles. The van der Waals surface area contributed by atoms with Gasteiger partial charge in [-0.05, 0) is 13.8 Å². The maximum Gasteiger partial charge on any atom is 0.396 e. The molecule has 1 saturated heterocycles. The Balaban J connectivity index is 2.94. The van der Waals surface area contributed by atoms with E-state index in [2.05, 4.69) is 4.74 Å². The van der Waals surface area contributed by atoms with E-state index in [1.807, 2.05) is 0 Å². The fourth-order valence-corrected chi connectivity index (χ4v) is 1.77. The van der Waals surface area contributed by atoms with E-state index in [-0.39, 0.29) is 5.91 Å². The molecule has 0 saturated carbocycles. The summed E-state index contributed by atoms with van der Waals surface area (Å²) in [7, 11) is 2.81. The van der Waals surface area contributed by atoms with Crippen molar-refractivity contribution in [1.29, 1.82) is 0 Å². The van der Waals surface area contributed by atoms with Gasteiger partial charge in [0.05, 0.1) is 7.11 Å². The first-order valence-corrected chi connectivity index (χ1v) is 4.98. The minimum atomic E-state index is -1.00. The Morgan fingerprint density at radius 3 is 2.38 bits per heavy atom. The first-order valence-electron chi connectivity index (χ1n) is 4.98. The van der Waals surface area contributed by atoms with Crippen LogP contribution in [-0.4, -0.2) is 60.4 Å². The predicted molar refractivity (Wildman–Crippen MR) is 55.4 cm³/mol. The molecule has 0 bridgehead atoms. The number of likely N-dealkylation sites (N-methyl/N-ethyl adjacent to an activating group) is 1. The lowest BCUT2D eigenvalue weighted by Crippen LogP contribution is -2.64. The Bertz CT molecular complexity index is 338. The SMILES string of the molecule is COC(=O)C(=O)N1CCN(C)C(=O)C1(C)C. The molecule has 1 fully saturated rings. The highest BCUT2D eigenvalue weighted by atomic mass is 16.5. The average Bonchev–Trinajstić information content (AvgIpc) is 2.24. The zero-order valence-electron chi connectivity index (χ0n) is 9.94. The van der Waals surface area contributed by atoms with Crippen LogP contribution in [0.1, 0.15) is 13.8 Å². The van der Waals surface area contributed by atoms with Gasteiger partial charge in [-0.1, -0.05) is 0 Å². The third-order valence-corrected chi connectivity index (χ3v) is 2.81. The summed E-state index contributed by atoms with van der Waals surface area (Å²) in [5.74, 6) is -1.89. The van der Waals surface area contributed by atoms with Gasteiger partial charge in [0, 0.05) is 20.1 Å². The minimum Gasteiger partial charge on any atom is -0.462 e. The molecule has 2 amide bonds. The molecule has 0 spiro atoms. The van der Waals surface area contributed by atoms with Gasteiger partial charge in [0.2, 0.25) is 5.91 Å². The van der Waals surface area contributed by atoms with Crippen LogP contribution in [0.2, 0.25) is 0 Å². The van der Waals surface area contributed by atoms with Crippen LogP contribution < -0.4 is 0 Å². The topological polar surface area (TPSA) is 66.9 Å². The Morgan fingerprint density at radius 2 is 1.88 bits per heavy atom. The van der Waals surface area contributed by atoms with E-state index in [1.54, 1.807) is 25.8 Å². The van der Waals surface area contributed by atoms with E-state index in [4.69, 9.17) is 0 Å². The van der Waals surface area contributed by atoms with Crippen molar-refractivity contribution in [3.63, 3.8) is 0 Å². The van der Waals surface area contributed by atoms with Crippen molar-refractivity contribution in [2.45, 2.75) is 19.4 Å². The summed E-state index contributed by atoms with van der Waals surface area (Å²) in [6, 6.07) is 0. The van der Waals surface area contributed by atoms with Gasteiger partial charge in [0.25, 0.3) is 0 Å². The third-order valence-electron chi connectivity index (χ3n) is 2.81. The predicted octanol–water partition coefficient (Wildman–Crippen LogP) is -0.761. The molecule has 0 aromatic heterocycles. The number of carbonyl (C=O) groups excluding carboxylic acids is 3. The summed E-state index contributed by atoms with van der Waals surface area (Å²) in [5.41, 5.74) is -1.00. The number of nitrogens with zero attached hydrogens (tertiary/aromatic N) is 2. The zero-order valence-corrected chi connectivity index (χ0v) is 9.94. The van der Waals surface area contributed by atoms with Crippen molar-refractivity contribution in [1.82, 2.24) is 9.80 Å². The molecule has 0 radical (unpaired) electrons. The zero-order chi connectivity index (χ0) is 12.5. The van der Waals surface area contributed by atoms with Gasteiger partial charge >= 0.3 is 11.9 Å². The Morgan fingerprint density at radius 1 is 1.31 bits per heavy atom. The molecule has 0 aromatic rings. The highest BCUT2D eigenvalue weighted by molar-refractivity contribution is 6.33. The van der Waals surface area contributed by atoms with Crippen LogP contribution in [0.4, 0.5) is 0 Å². The molecule has 6 heteroatoms. The van der Waals surface area contributed by atoms with Crippen LogP contribution in [0.25, 0.3) is 0 Å². The number of amides is 2. The van der Waals surface area contributed by atoms with E-state index in [0.29, 0.717) is 13.1 Å². The molecule has 1 aliphatic rings. The van der Waals surface area contributed by atoms with Crippen molar-refractivity contribution in [3.8, 4) is 0 Å². The largest absolute Gasteiger partial charge is 0.462 e. The summed E-state index contributed by atoms with van der Waals surface area (Å²) in [6.45, 7) is 3.99. The van der Waals surface area contributed by atoms with E-state index < -0.39 is 17.4 Å². The van der Waals surface area contributed by atoms with E-state index in [9.17, 15) is 14.4 Å². The second kappa shape index (κ2) is 4.11. The highest BCUT2D eigenvalue weighted by Gasteiger charge is 2.44. The van der Waals surface area contributed by atoms with Crippen LogP contribution in [0.5, 0.6) is 0 Å². The molecule has 1 heterocycles. The molecule has 90 valence electrons. The molecule has 0 atom stereocenters. The smallest absolute Gasteiger partial charge is 0.396 e. The third kappa shape index (κ3) is 1.87. The van der Waals surface area contributed by atoms with Gasteiger partial charge in [-0.3, -0.25) is 9.59 Å². The average molecular weight is 228 g/mol. The lowest BCUT2D eigenvalue weighted by atomic mass is 9.97. The number of esters is 1. The Labute approximate surface area is 94.1 Å². The summed E-state index contributed by atoms with van der Waals surface area (Å²) < 4.78 is 4.37. The highest BCUT2D eigenvalue weighted by Crippen LogP contribution is 2.21. The minimum absolute atomic E-state index is 0.184. The molecule has 0 unspecified atom stereocenters. The molecule has 0 N–H and O–H groups in total. The molecular formula is C10H16N2O4. The van der Waals surface area contributed by atoms with Crippen molar-refractivity contribution >= 4 is 17.8 Å². The van der Waals surface area contributed by atoms with Crippen LogP contribution in [0, 0.1) is 0 Å². The Kier molecular flexibility index (Phi) is 3.21. The Hall–Kier alpha value is -1.59. The maximum absolute atomic E-state index is 11.9. The van der Waals surface area contributed by atoms with Crippen molar-refractivity contribution in [2.24, 2.45) is 0 Å². The van der Waals surface area contributed by atoms with Gasteiger partial charge in [-0.25, -0.2) is 4.79 Å². The summed E-state index contributed by atoms with van der Waals surface area (Å²) >= 11 is 0. The molecule has 16 heavy (non-hydrogen) atoms. The van der Waals surface area contributed by atoms with Crippen molar-refractivity contribution < 1.29 is 19.1 Å². The summed E-state index contributed by atoms with van der Waals surface area (Å²) in [4.78, 5) is 37.5. The number of hydrogen-bond acceptors (Lipinski definition) is 4. The first-order chi connectivity index (χ1) is 7.32. The van der Waals surface area contributed by atoms with Gasteiger partial charge in [-0.2, -0.15) is 0 Å². The number of ether oxygens (including phenoxy) is 1. The van der Waals surface area contributed by atoms with Crippen molar-refractivity contribution in [3.05, 3.63) is 0 Å². The summed E-state index contributed by atoms with van der Waals surface area (Å²) in [5, 5.41) is 0. The summed E-state index contributed by atoms with van der Waals surface area (Å²) in [6.07, 6.45) is 0. The van der Waals surface area contributed by atoms with Crippen LogP contribution >= 0.6 is 0 Å². The van der Waals surface area contributed by atoms with Gasteiger partial charge in [0.15, 0.2) is 0 Å². The van der Waals surface area contributed by atoms with Crippen molar-refractivity contribution in [2.75, 3.05) is 27.2 Å². The molecular weight excluding hydrogens is 212 g/mol. The molecule has 0 aliphatic carbocycles. The molecule has 6 nitrogen and oxygen atoms in total. The number of rotatable bonds is 0. The number of carbonyl (C=O) groups is 3.